The van der Waals surface area contributed by atoms with Crippen LogP contribution in [0.1, 0.15) is 12.0 Å². The Morgan fingerprint density at radius 3 is 2.76 bits per heavy atom. The number of likely N-dealkylation sites (tertiary alicyclic amines) is 1. The number of nitrogens with one attached hydrogen (secondary N) is 1. The second kappa shape index (κ2) is 7.51. The Morgan fingerprint density at radius 2 is 2.04 bits per heavy atom. The summed E-state index contributed by atoms with van der Waals surface area (Å²) in [6, 6.07) is 9.48. The van der Waals surface area contributed by atoms with Gasteiger partial charge >= 0.3 is 0 Å². The van der Waals surface area contributed by atoms with Gasteiger partial charge in [0, 0.05) is 26.2 Å². The average Bonchev–Trinajstić information content (AvgIpc) is 2.58. The van der Waals surface area contributed by atoms with Gasteiger partial charge in [-0.3, -0.25) is 14.5 Å². The second-order valence-corrected chi connectivity index (χ2v) is 6.95. The van der Waals surface area contributed by atoms with E-state index in [2.05, 4.69) is 5.32 Å². The number of nitrogens with zero attached hydrogens (tertiary/aromatic N) is 2. The van der Waals surface area contributed by atoms with Gasteiger partial charge in [-0.25, -0.2) is 0 Å². The van der Waals surface area contributed by atoms with Crippen LogP contribution in [0.2, 0.25) is 0 Å². The molecule has 0 bridgehead atoms. The fourth-order valence-electron chi connectivity index (χ4n) is 3.53. The van der Waals surface area contributed by atoms with Crippen molar-refractivity contribution in [1.82, 2.24) is 15.1 Å². The summed E-state index contributed by atoms with van der Waals surface area (Å²) in [4.78, 5) is 27.5. The van der Waals surface area contributed by atoms with Crippen molar-refractivity contribution >= 4 is 11.8 Å². The highest BCUT2D eigenvalue weighted by atomic mass is 16.3. The van der Waals surface area contributed by atoms with E-state index >= 15 is 0 Å². The summed E-state index contributed by atoms with van der Waals surface area (Å²) < 4.78 is 0. The first-order valence-corrected chi connectivity index (χ1v) is 8.67. The van der Waals surface area contributed by atoms with Crippen molar-refractivity contribution in [3.63, 3.8) is 0 Å². The molecule has 7 nitrogen and oxygen atoms in total. The maximum atomic E-state index is 12.6. The van der Waals surface area contributed by atoms with Crippen molar-refractivity contribution < 1.29 is 19.8 Å². The number of piperazine rings is 1. The zero-order valence-electron chi connectivity index (χ0n) is 14.2. The van der Waals surface area contributed by atoms with Crippen molar-refractivity contribution in [2.75, 3.05) is 39.3 Å². The largest absolute Gasteiger partial charge is 0.390 e. The van der Waals surface area contributed by atoms with Crippen molar-refractivity contribution in [2.24, 2.45) is 0 Å². The quantitative estimate of drug-likeness (QED) is 0.649. The van der Waals surface area contributed by atoms with Crippen LogP contribution in [0.4, 0.5) is 0 Å². The van der Waals surface area contributed by atoms with Crippen molar-refractivity contribution in [3.05, 3.63) is 35.9 Å². The van der Waals surface area contributed by atoms with E-state index in [0.717, 1.165) is 5.56 Å². The lowest BCUT2D eigenvalue weighted by Crippen LogP contribution is -2.64. The highest BCUT2D eigenvalue weighted by molar-refractivity contribution is 5.79. The Kier molecular flexibility index (Phi) is 5.36. The molecule has 2 aliphatic rings. The normalized spacial score (nSPS) is 27.8. The number of piperidine rings is 1. The van der Waals surface area contributed by atoms with Crippen LogP contribution in [-0.4, -0.2) is 82.8 Å². The minimum Gasteiger partial charge on any atom is -0.390 e. The van der Waals surface area contributed by atoms with E-state index in [1.54, 1.807) is 4.90 Å². The van der Waals surface area contributed by atoms with Gasteiger partial charge in [-0.2, -0.15) is 0 Å². The molecule has 7 heteroatoms. The summed E-state index contributed by atoms with van der Waals surface area (Å²) in [6.45, 7) is 2.04. The van der Waals surface area contributed by atoms with E-state index in [9.17, 15) is 19.8 Å². The molecule has 2 fully saturated rings. The molecule has 3 rings (SSSR count). The summed E-state index contributed by atoms with van der Waals surface area (Å²) in [5, 5.41) is 24.0. The molecule has 0 saturated carbocycles. The van der Waals surface area contributed by atoms with Crippen LogP contribution < -0.4 is 5.32 Å². The third-order valence-electron chi connectivity index (χ3n) is 4.92. The molecule has 1 aromatic rings. The van der Waals surface area contributed by atoms with Gasteiger partial charge in [-0.1, -0.05) is 30.3 Å². The Hall–Kier alpha value is -1.96. The molecule has 1 aromatic carbocycles. The number of carbonyl (C=O) groups is 2. The van der Waals surface area contributed by atoms with Crippen LogP contribution in [0.25, 0.3) is 0 Å². The van der Waals surface area contributed by atoms with Gasteiger partial charge < -0.3 is 20.4 Å². The summed E-state index contributed by atoms with van der Waals surface area (Å²) in [6.07, 6.45) is -0.297. The van der Waals surface area contributed by atoms with Crippen LogP contribution in [0.3, 0.4) is 0 Å². The highest BCUT2D eigenvalue weighted by Crippen LogP contribution is 2.24. The van der Waals surface area contributed by atoms with E-state index in [1.165, 1.54) is 0 Å². The number of amides is 2. The predicted octanol–water partition coefficient (Wildman–Crippen LogP) is -1.01. The molecule has 0 spiro atoms. The van der Waals surface area contributed by atoms with E-state index in [1.807, 2.05) is 35.2 Å². The van der Waals surface area contributed by atoms with Gasteiger partial charge in [0.05, 0.1) is 25.6 Å². The third-order valence-corrected chi connectivity index (χ3v) is 4.92. The SMILES string of the molecule is O=C1CN(C[C@@]2(O)CN(C(=O)Cc3ccccc3)CC[C@@H]2O)CCN1. The maximum absolute atomic E-state index is 12.6. The number of benzene rings is 1. The van der Waals surface area contributed by atoms with Gasteiger partial charge in [-0.15, -0.1) is 0 Å². The van der Waals surface area contributed by atoms with Gasteiger partial charge in [-0.05, 0) is 12.0 Å². The van der Waals surface area contributed by atoms with E-state index in [0.29, 0.717) is 26.1 Å². The van der Waals surface area contributed by atoms with Crippen molar-refractivity contribution in [1.29, 1.82) is 0 Å². The molecular weight excluding hydrogens is 322 g/mol. The lowest BCUT2D eigenvalue weighted by Gasteiger charge is -2.45. The number of β-amino-alcohol motifs (C(OH)–C–C–N with tert-alkyl or cyclic N) is 1. The first kappa shape index (κ1) is 17.8. The van der Waals surface area contributed by atoms with Gasteiger partial charge in [0.25, 0.3) is 0 Å². The van der Waals surface area contributed by atoms with Crippen LogP contribution in [-0.2, 0) is 16.0 Å². The molecule has 0 aliphatic carbocycles. The Balaban J connectivity index is 1.63. The molecule has 0 unspecified atom stereocenters. The molecule has 2 saturated heterocycles. The number of aliphatic hydroxyl groups is 2. The molecule has 0 radical (unpaired) electrons. The van der Waals surface area contributed by atoms with E-state index in [-0.39, 0.29) is 37.9 Å². The Labute approximate surface area is 147 Å². The zero-order valence-corrected chi connectivity index (χ0v) is 14.2. The predicted molar refractivity (Wildman–Crippen MR) is 91.7 cm³/mol. The zero-order chi connectivity index (χ0) is 17.9. The minimum atomic E-state index is -1.41. The maximum Gasteiger partial charge on any atom is 0.234 e. The average molecular weight is 347 g/mol. The highest BCUT2D eigenvalue weighted by Gasteiger charge is 2.44. The molecule has 2 heterocycles. The molecule has 3 N–H and O–H groups in total. The summed E-state index contributed by atoms with van der Waals surface area (Å²) in [5.41, 5.74) is -0.489. The summed E-state index contributed by atoms with van der Waals surface area (Å²) in [7, 11) is 0. The molecule has 2 aliphatic heterocycles. The second-order valence-electron chi connectivity index (χ2n) is 6.95. The van der Waals surface area contributed by atoms with E-state index < -0.39 is 11.7 Å². The minimum absolute atomic E-state index is 0.0621. The Bertz CT molecular complexity index is 624. The number of hydrogen-bond acceptors (Lipinski definition) is 5. The van der Waals surface area contributed by atoms with Gasteiger partial charge in [0.2, 0.25) is 11.8 Å². The molecule has 2 amide bonds. The monoisotopic (exact) mass is 347 g/mol. The lowest BCUT2D eigenvalue weighted by molar-refractivity contribution is -0.157. The first-order chi connectivity index (χ1) is 12.0. The number of aliphatic hydroxyl groups excluding tert-OH is 1. The number of carbonyl (C=O) groups excluding carboxylic acids is 2. The fourth-order valence-corrected chi connectivity index (χ4v) is 3.53. The first-order valence-electron chi connectivity index (χ1n) is 8.67. The molecule has 0 aromatic heterocycles. The van der Waals surface area contributed by atoms with Crippen LogP contribution >= 0.6 is 0 Å². The smallest absolute Gasteiger partial charge is 0.234 e. The van der Waals surface area contributed by atoms with Crippen LogP contribution in [0, 0.1) is 0 Å². The third kappa shape index (κ3) is 4.36. The number of hydrogen-bond donors (Lipinski definition) is 3. The molecular formula is C18H25N3O4. The lowest BCUT2D eigenvalue weighted by atomic mass is 9.88. The van der Waals surface area contributed by atoms with Crippen LogP contribution in [0.15, 0.2) is 30.3 Å². The summed E-state index contributed by atoms with van der Waals surface area (Å²) >= 11 is 0. The molecule has 136 valence electrons. The van der Waals surface area contributed by atoms with Crippen LogP contribution in [0.5, 0.6) is 0 Å². The summed E-state index contributed by atoms with van der Waals surface area (Å²) in [5.74, 6) is -0.148. The fraction of sp³-hybridized carbons (Fsp3) is 0.556. The van der Waals surface area contributed by atoms with Crippen molar-refractivity contribution in [3.8, 4) is 0 Å². The topological polar surface area (TPSA) is 93.1 Å². The molecule has 2 atom stereocenters. The van der Waals surface area contributed by atoms with Crippen molar-refractivity contribution in [2.45, 2.75) is 24.5 Å². The number of rotatable bonds is 4. The van der Waals surface area contributed by atoms with Gasteiger partial charge in [0.1, 0.15) is 5.60 Å². The van der Waals surface area contributed by atoms with E-state index in [4.69, 9.17) is 0 Å². The standard InChI is InChI=1S/C18H25N3O4/c22-15-6-8-21(17(24)10-14-4-2-1-3-5-14)13-18(15,25)12-20-9-7-19-16(23)11-20/h1-5,15,22,25H,6-13H2,(H,19,23)/t15-,18+/m0/s1. The molecule has 25 heavy (non-hydrogen) atoms. The Morgan fingerprint density at radius 1 is 1.28 bits per heavy atom. The van der Waals surface area contributed by atoms with Gasteiger partial charge in [0.15, 0.2) is 0 Å².